The third kappa shape index (κ3) is 8.71. The maximum absolute atomic E-state index is 12.0. The molecular weight excluding hydrogens is 338 g/mol. The molecule has 1 rings (SSSR count). The highest BCUT2D eigenvalue weighted by molar-refractivity contribution is 5.90. The fourth-order valence-electron chi connectivity index (χ4n) is 1.59. The van der Waals surface area contributed by atoms with Crippen LogP contribution in [-0.4, -0.2) is 13.1 Å². The lowest BCUT2D eigenvalue weighted by Crippen LogP contribution is -2.03. The van der Waals surface area contributed by atoms with Crippen molar-refractivity contribution < 1.29 is 14.3 Å². The zero-order valence-electron chi connectivity index (χ0n) is 15.5. The number of hydrogen-bond donors (Lipinski definition) is 0. The van der Waals surface area contributed by atoms with Gasteiger partial charge in [0.05, 0.1) is 18.7 Å². The SMILES string of the molecule is C=C.C=C(C#N)/C=C\C(=C)C(=C)/C=C\C(=C)OC(=O)c1ccc(OC)cc1. The van der Waals surface area contributed by atoms with E-state index in [2.05, 4.69) is 39.5 Å². The lowest BCUT2D eigenvalue weighted by atomic mass is 10.1. The summed E-state index contributed by atoms with van der Waals surface area (Å²) in [4.78, 5) is 12.0. The summed E-state index contributed by atoms with van der Waals surface area (Å²) in [5.74, 6) is 0.296. The molecule has 0 N–H and O–H groups in total. The Kier molecular flexibility index (Phi) is 10.7. The fraction of sp³-hybridized carbons (Fsp3) is 0.0435. The molecule has 0 aliphatic heterocycles. The molecule has 0 spiro atoms. The molecule has 0 unspecified atom stereocenters. The van der Waals surface area contributed by atoms with E-state index in [1.54, 1.807) is 49.6 Å². The van der Waals surface area contributed by atoms with Gasteiger partial charge >= 0.3 is 5.97 Å². The summed E-state index contributed by atoms with van der Waals surface area (Å²) in [6, 6.07) is 8.45. The Bertz CT molecular complexity index is 818. The molecule has 0 aliphatic rings. The van der Waals surface area contributed by atoms with Gasteiger partial charge in [-0.2, -0.15) is 5.26 Å². The van der Waals surface area contributed by atoms with Crippen LogP contribution in [-0.2, 0) is 4.74 Å². The van der Waals surface area contributed by atoms with E-state index in [9.17, 15) is 4.79 Å². The number of methoxy groups -OCH3 is 1. The van der Waals surface area contributed by atoms with Crippen LogP contribution in [0.4, 0.5) is 0 Å². The highest BCUT2D eigenvalue weighted by Crippen LogP contribution is 2.15. The monoisotopic (exact) mass is 361 g/mol. The Morgan fingerprint density at radius 3 is 1.96 bits per heavy atom. The van der Waals surface area contributed by atoms with Crippen LogP contribution in [0.3, 0.4) is 0 Å². The predicted molar refractivity (Wildman–Crippen MR) is 110 cm³/mol. The van der Waals surface area contributed by atoms with E-state index < -0.39 is 5.97 Å². The van der Waals surface area contributed by atoms with E-state index in [1.807, 2.05) is 6.07 Å². The minimum Gasteiger partial charge on any atom is -0.497 e. The number of allylic oxidation sites excluding steroid dienone is 7. The van der Waals surface area contributed by atoms with Crippen molar-refractivity contribution in [2.45, 2.75) is 0 Å². The fourth-order valence-corrected chi connectivity index (χ4v) is 1.59. The molecule has 0 saturated carbocycles. The molecule has 0 bridgehead atoms. The molecule has 138 valence electrons. The van der Waals surface area contributed by atoms with Crippen molar-refractivity contribution in [1.82, 2.24) is 0 Å². The molecule has 0 saturated heterocycles. The first-order valence-corrected chi connectivity index (χ1v) is 7.76. The minimum atomic E-state index is -0.521. The van der Waals surface area contributed by atoms with E-state index in [-0.39, 0.29) is 5.76 Å². The van der Waals surface area contributed by atoms with Crippen LogP contribution in [0.2, 0.25) is 0 Å². The molecule has 0 amide bonds. The van der Waals surface area contributed by atoms with Crippen LogP contribution in [0.25, 0.3) is 0 Å². The molecule has 0 aromatic heterocycles. The van der Waals surface area contributed by atoms with Gasteiger partial charge in [-0.3, -0.25) is 0 Å². The normalized spacial score (nSPS) is 9.63. The van der Waals surface area contributed by atoms with Crippen molar-refractivity contribution in [2.24, 2.45) is 0 Å². The first-order chi connectivity index (χ1) is 12.9. The molecule has 0 radical (unpaired) electrons. The number of benzene rings is 1. The Morgan fingerprint density at radius 1 is 0.963 bits per heavy atom. The van der Waals surface area contributed by atoms with Gasteiger partial charge in [-0.1, -0.05) is 38.5 Å². The minimum absolute atomic E-state index is 0.167. The van der Waals surface area contributed by atoms with Crippen LogP contribution in [0.1, 0.15) is 10.4 Å². The van der Waals surface area contributed by atoms with Crippen molar-refractivity contribution in [3.8, 4) is 11.8 Å². The molecule has 0 fully saturated rings. The van der Waals surface area contributed by atoms with Crippen molar-refractivity contribution >= 4 is 5.97 Å². The van der Waals surface area contributed by atoms with E-state index in [0.717, 1.165) is 0 Å². The van der Waals surface area contributed by atoms with E-state index >= 15 is 0 Å². The Morgan fingerprint density at radius 2 is 1.48 bits per heavy atom. The number of rotatable bonds is 8. The first kappa shape index (κ1) is 23.2. The lowest BCUT2D eigenvalue weighted by molar-refractivity contribution is 0.0638. The summed E-state index contributed by atoms with van der Waals surface area (Å²) >= 11 is 0. The number of nitriles is 1. The second kappa shape index (κ2) is 12.5. The Balaban J connectivity index is 0.00000326. The number of hydrogen-bond acceptors (Lipinski definition) is 4. The van der Waals surface area contributed by atoms with Gasteiger partial charge in [-0.05, 0) is 47.6 Å². The zero-order chi connectivity index (χ0) is 20.8. The molecule has 0 heterocycles. The van der Waals surface area contributed by atoms with Gasteiger partial charge in [0.15, 0.2) is 0 Å². The smallest absolute Gasteiger partial charge is 0.343 e. The van der Waals surface area contributed by atoms with Crippen molar-refractivity contribution in [2.75, 3.05) is 7.11 Å². The lowest BCUT2D eigenvalue weighted by Gasteiger charge is -2.05. The second-order valence-corrected chi connectivity index (χ2v) is 4.94. The van der Waals surface area contributed by atoms with Gasteiger partial charge in [0.25, 0.3) is 0 Å². The largest absolute Gasteiger partial charge is 0.497 e. The standard InChI is InChI=1S/C21H19NO3.C2H4/c1-15(14-22)6-7-16(2)17(3)8-9-18(4)25-21(23)19-10-12-20(24-5)13-11-19;1-2/h6-13H,1-4H2,5H3;1-2H2/b7-6-,9-8-;. The molecule has 1 aromatic carbocycles. The van der Waals surface area contributed by atoms with Gasteiger partial charge in [0, 0.05) is 5.57 Å². The Labute approximate surface area is 161 Å². The van der Waals surface area contributed by atoms with Crippen molar-refractivity contribution in [3.63, 3.8) is 0 Å². The number of carbonyl (C=O) groups is 1. The topological polar surface area (TPSA) is 59.3 Å². The maximum Gasteiger partial charge on any atom is 0.343 e. The van der Waals surface area contributed by atoms with Crippen LogP contribution < -0.4 is 4.74 Å². The first-order valence-electron chi connectivity index (χ1n) is 7.76. The molecule has 1 aromatic rings. The summed E-state index contributed by atoms with van der Waals surface area (Å²) in [7, 11) is 1.55. The third-order valence-corrected chi connectivity index (χ3v) is 3.06. The van der Waals surface area contributed by atoms with Crippen LogP contribution in [0.5, 0.6) is 5.75 Å². The molecule has 4 heteroatoms. The van der Waals surface area contributed by atoms with E-state index in [4.69, 9.17) is 14.7 Å². The Hall–Kier alpha value is -3.84. The van der Waals surface area contributed by atoms with Gasteiger partial charge < -0.3 is 9.47 Å². The molecule has 0 atom stereocenters. The number of carbonyl (C=O) groups excluding carboxylic acids is 1. The summed E-state index contributed by atoms with van der Waals surface area (Å²) < 4.78 is 10.2. The summed E-state index contributed by atoms with van der Waals surface area (Å²) in [5, 5.41) is 8.64. The molecule has 27 heavy (non-hydrogen) atoms. The van der Waals surface area contributed by atoms with Crippen molar-refractivity contribution in [3.05, 3.63) is 116 Å². The summed E-state index contributed by atoms with van der Waals surface area (Å²) in [6.07, 6.45) is 6.30. The van der Waals surface area contributed by atoms with Crippen LogP contribution in [0.15, 0.2) is 111 Å². The number of nitrogens with zero attached hydrogens (tertiary/aromatic N) is 1. The number of esters is 1. The summed E-state index contributed by atoms with van der Waals surface area (Å²) in [6.45, 7) is 20.9. The molecular formula is C23H23NO3. The highest BCUT2D eigenvalue weighted by atomic mass is 16.5. The van der Waals surface area contributed by atoms with Crippen LogP contribution >= 0.6 is 0 Å². The zero-order valence-corrected chi connectivity index (χ0v) is 15.5. The third-order valence-electron chi connectivity index (χ3n) is 3.06. The number of ether oxygens (including phenoxy) is 2. The quantitative estimate of drug-likeness (QED) is 0.202. The van der Waals surface area contributed by atoms with Gasteiger partial charge in [-0.15, -0.1) is 13.2 Å². The van der Waals surface area contributed by atoms with Gasteiger partial charge in [-0.25, -0.2) is 4.79 Å². The van der Waals surface area contributed by atoms with E-state index in [1.165, 1.54) is 6.08 Å². The average molecular weight is 361 g/mol. The van der Waals surface area contributed by atoms with Gasteiger partial charge in [0.2, 0.25) is 0 Å². The second-order valence-electron chi connectivity index (χ2n) is 4.94. The summed E-state index contributed by atoms with van der Waals surface area (Å²) in [5.41, 5.74) is 1.89. The van der Waals surface area contributed by atoms with Crippen molar-refractivity contribution in [1.29, 1.82) is 5.26 Å². The average Bonchev–Trinajstić information content (AvgIpc) is 2.71. The van der Waals surface area contributed by atoms with Gasteiger partial charge in [0.1, 0.15) is 11.5 Å². The maximum atomic E-state index is 12.0. The predicted octanol–water partition coefficient (Wildman–Crippen LogP) is 5.47. The highest BCUT2D eigenvalue weighted by Gasteiger charge is 2.08. The molecule has 4 nitrogen and oxygen atoms in total. The van der Waals surface area contributed by atoms with E-state index in [0.29, 0.717) is 28.0 Å². The van der Waals surface area contributed by atoms with Crippen LogP contribution in [0, 0.1) is 11.3 Å². The molecule has 0 aliphatic carbocycles.